The van der Waals surface area contributed by atoms with Crippen molar-refractivity contribution < 1.29 is 24.6 Å². The Morgan fingerprint density at radius 3 is 2.15 bits per heavy atom. The third-order valence-electron chi connectivity index (χ3n) is 2.40. The lowest BCUT2D eigenvalue weighted by Crippen LogP contribution is -2.47. The Hall–Kier alpha value is -1.83. The van der Waals surface area contributed by atoms with Crippen LogP contribution in [0.1, 0.15) is 40.0 Å². The molecule has 8 heteroatoms. The number of aliphatic carboxylic acids is 1. The average molecular weight is 289 g/mol. The zero-order valence-corrected chi connectivity index (χ0v) is 12.0. The van der Waals surface area contributed by atoms with E-state index in [4.69, 9.17) is 10.2 Å². The smallest absolute Gasteiger partial charge is 0.412 e. The Bertz CT molecular complexity index is 351. The Balaban J connectivity index is 4.01. The molecular weight excluding hydrogens is 266 g/mol. The van der Waals surface area contributed by atoms with Gasteiger partial charge in [-0.3, -0.25) is 0 Å². The van der Waals surface area contributed by atoms with Crippen LogP contribution in [0.5, 0.6) is 0 Å². The summed E-state index contributed by atoms with van der Waals surface area (Å²) in [7, 11) is 0. The van der Waals surface area contributed by atoms with Crippen molar-refractivity contribution in [3.8, 4) is 0 Å². The largest absolute Gasteiger partial charge is 0.480 e. The van der Waals surface area contributed by atoms with Gasteiger partial charge in [0.05, 0.1) is 0 Å². The van der Waals surface area contributed by atoms with Gasteiger partial charge in [0.15, 0.2) is 0 Å². The molecule has 5 N–H and O–H groups in total. The third kappa shape index (κ3) is 10.1. The van der Waals surface area contributed by atoms with Crippen LogP contribution in [-0.4, -0.2) is 46.4 Å². The second-order valence-electron chi connectivity index (χ2n) is 5.47. The van der Waals surface area contributed by atoms with Crippen molar-refractivity contribution in [2.24, 2.45) is 0 Å². The maximum absolute atomic E-state index is 11.1. The quantitative estimate of drug-likeness (QED) is 0.444. The van der Waals surface area contributed by atoms with Crippen LogP contribution in [0.2, 0.25) is 0 Å². The van der Waals surface area contributed by atoms with E-state index < -0.39 is 24.1 Å². The van der Waals surface area contributed by atoms with Gasteiger partial charge in [0.1, 0.15) is 6.04 Å². The number of hydrogen-bond acceptors (Lipinski definition) is 4. The van der Waals surface area contributed by atoms with E-state index >= 15 is 0 Å². The fourth-order valence-corrected chi connectivity index (χ4v) is 1.49. The minimum absolute atomic E-state index is 0.00578. The summed E-state index contributed by atoms with van der Waals surface area (Å²) in [6.07, 6.45) is 0.0891. The molecule has 0 aliphatic heterocycles. The average Bonchev–Trinajstić information content (AvgIpc) is 2.24. The summed E-state index contributed by atoms with van der Waals surface area (Å²) in [6, 6.07) is -2.12. The minimum Gasteiger partial charge on any atom is -0.480 e. The molecule has 8 nitrogen and oxygen atoms in total. The van der Waals surface area contributed by atoms with Gasteiger partial charge in [-0.2, -0.15) is 0 Å². The molecule has 1 atom stereocenters. The normalized spacial score (nSPS) is 12.6. The zero-order valence-electron chi connectivity index (χ0n) is 12.0. The summed E-state index contributed by atoms with van der Waals surface area (Å²) in [5, 5.41) is 24.2. The molecule has 116 valence electrons. The van der Waals surface area contributed by atoms with Gasteiger partial charge in [-0.25, -0.2) is 19.7 Å². The first-order valence-electron chi connectivity index (χ1n) is 6.40. The number of carboxylic acid groups (broad SMARTS) is 2. The van der Waals surface area contributed by atoms with Gasteiger partial charge in [0.25, 0.3) is 0 Å². The van der Waals surface area contributed by atoms with Gasteiger partial charge in [-0.15, -0.1) is 0 Å². The summed E-state index contributed by atoms with van der Waals surface area (Å²) in [4.78, 5) is 32.3. The van der Waals surface area contributed by atoms with E-state index in [0.717, 1.165) is 13.0 Å². The molecule has 0 radical (unpaired) electrons. The van der Waals surface area contributed by atoms with Crippen LogP contribution < -0.4 is 16.0 Å². The fourth-order valence-electron chi connectivity index (χ4n) is 1.49. The Morgan fingerprint density at radius 2 is 1.70 bits per heavy atom. The molecule has 20 heavy (non-hydrogen) atoms. The lowest BCUT2D eigenvalue weighted by molar-refractivity contribution is -0.139. The highest BCUT2D eigenvalue weighted by Gasteiger charge is 2.20. The number of imide groups is 1. The van der Waals surface area contributed by atoms with Gasteiger partial charge in [-0.1, -0.05) is 0 Å². The van der Waals surface area contributed by atoms with Crippen molar-refractivity contribution in [3.63, 3.8) is 0 Å². The summed E-state index contributed by atoms with van der Waals surface area (Å²) in [6.45, 7) is 6.84. The number of carboxylic acids is 1. The monoisotopic (exact) mass is 289 g/mol. The number of carbonyl (C=O) groups is 3. The van der Waals surface area contributed by atoms with Gasteiger partial charge < -0.3 is 20.8 Å². The number of amides is 3. The highest BCUT2D eigenvalue weighted by Crippen LogP contribution is 2.03. The van der Waals surface area contributed by atoms with Crippen LogP contribution in [0.4, 0.5) is 9.59 Å². The maximum Gasteiger partial charge on any atom is 0.412 e. The van der Waals surface area contributed by atoms with E-state index in [-0.39, 0.29) is 12.0 Å². The number of nitrogens with one attached hydrogen (secondary N) is 3. The molecule has 0 saturated heterocycles. The van der Waals surface area contributed by atoms with Gasteiger partial charge >= 0.3 is 18.1 Å². The van der Waals surface area contributed by atoms with Crippen LogP contribution in [0.25, 0.3) is 0 Å². The topological polar surface area (TPSA) is 128 Å². The maximum atomic E-state index is 11.1. The first kappa shape index (κ1) is 18.2. The first-order valence-corrected chi connectivity index (χ1v) is 6.40. The second-order valence-corrected chi connectivity index (χ2v) is 5.47. The van der Waals surface area contributed by atoms with Gasteiger partial charge in [0, 0.05) is 5.54 Å². The fraction of sp³-hybridized carbons (Fsp3) is 0.750. The number of hydrogen-bond donors (Lipinski definition) is 5. The third-order valence-corrected chi connectivity index (χ3v) is 2.40. The van der Waals surface area contributed by atoms with Gasteiger partial charge in [-0.05, 0) is 46.6 Å². The molecule has 0 fully saturated rings. The molecule has 0 aliphatic rings. The van der Waals surface area contributed by atoms with Crippen LogP contribution in [-0.2, 0) is 4.79 Å². The van der Waals surface area contributed by atoms with E-state index in [9.17, 15) is 14.4 Å². The number of unbranched alkanes of at least 4 members (excludes halogenated alkanes) is 1. The molecular formula is C12H23N3O5. The summed E-state index contributed by atoms with van der Waals surface area (Å²) in [5.41, 5.74) is 0.00578. The van der Waals surface area contributed by atoms with Crippen LogP contribution in [0, 0.1) is 0 Å². The highest BCUT2D eigenvalue weighted by atomic mass is 16.4. The zero-order chi connectivity index (χ0) is 15.8. The van der Waals surface area contributed by atoms with Crippen molar-refractivity contribution in [3.05, 3.63) is 0 Å². The van der Waals surface area contributed by atoms with Crippen molar-refractivity contribution in [1.82, 2.24) is 16.0 Å². The molecule has 0 heterocycles. The van der Waals surface area contributed by atoms with Gasteiger partial charge in [0.2, 0.25) is 0 Å². The Labute approximate surface area is 117 Å². The second kappa shape index (κ2) is 8.36. The SMILES string of the molecule is CC(C)(C)NCCCC[C@H](NC(=O)NC(=O)O)C(=O)O. The lowest BCUT2D eigenvalue weighted by Gasteiger charge is -2.20. The number of urea groups is 1. The molecule has 0 aliphatic carbocycles. The molecule has 0 aromatic heterocycles. The first-order chi connectivity index (χ1) is 9.11. The van der Waals surface area contributed by atoms with Crippen molar-refractivity contribution in [2.45, 2.75) is 51.6 Å². The Kier molecular flexibility index (Phi) is 7.60. The lowest BCUT2D eigenvalue weighted by atomic mass is 10.1. The summed E-state index contributed by atoms with van der Waals surface area (Å²) in [5.74, 6) is -1.19. The molecule has 0 bridgehead atoms. The molecule has 0 unspecified atom stereocenters. The minimum atomic E-state index is -1.53. The molecule has 0 spiro atoms. The predicted octanol–water partition coefficient (Wildman–Crippen LogP) is 0.975. The van der Waals surface area contributed by atoms with E-state index in [0.29, 0.717) is 6.42 Å². The highest BCUT2D eigenvalue weighted by molar-refractivity contribution is 5.92. The molecule has 0 saturated carbocycles. The van der Waals surface area contributed by atoms with Crippen LogP contribution in [0.15, 0.2) is 0 Å². The number of carbonyl (C=O) groups excluding carboxylic acids is 1. The summed E-state index contributed by atoms with van der Waals surface area (Å²) >= 11 is 0. The molecule has 3 amide bonds. The number of rotatable bonds is 7. The van der Waals surface area contributed by atoms with E-state index in [2.05, 4.69) is 10.6 Å². The molecule has 0 aromatic carbocycles. The van der Waals surface area contributed by atoms with Crippen LogP contribution in [0.3, 0.4) is 0 Å². The van der Waals surface area contributed by atoms with Crippen molar-refractivity contribution in [2.75, 3.05) is 6.54 Å². The van der Waals surface area contributed by atoms with Crippen molar-refractivity contribution >= 4 is 18.1 Å². The summed E-state index contributed by atoms with van der Waals surface area (Å²) < 4.78 is 0. The molecule has 0 aromatic rings. The van der Waals surface area contributed by atoms with Crippen LogP contribution >= 0.6 is 0 Å². The van der Waals surface area contributed by atoms with E-state index in [1.54, 1.807) is 5.32 Å². The Morgan fingerprint density at radius 1 is 1.10 bits per heavy atom. The molecule has 0 rings (SSSR count). The predicted molar refractivity (Wildman–Crippen MR) is 72.7 cm³/mol. The van der Waals surface area contributed by atoms with E-state index in [1.807, 2.05) is 20.8 Å². The van der Waals surface area contributed by atoms with E-state index in [1.165, 1.54) is 0 Å². The standard InChI is InChI=1S/C12H23N3O5/c1-12(2,3)13-7-5-4-6-8(9(16)17)14-10(18)15-11(19)20/h8,13H,4-7H2,1-3H3,(H,16,17)(H,19,20)(H2,14,15,18)/t8-/m0/s1. The van der Waals surface area contributed by atoms with Crippen molar-refractivity contribution in [1.29, 1.82) is 0 Å².